The second kappa shape index (κ2) is 6.50. The number of methoxy groups -OCH3 is 1. The molecule has 0 unspecified atom stereocenters. The molecule has 1 N–H and O–H groups in total. The number of nitrogens with zero attached hydrogens (tertiary/aromatic N) is 2. The van der Waals surface area contributed by atoms with Gasteiger partial charge in [0.25, 0.3) is 0 Å². The Hall–Kier alpha value is -2.57. The van der Waals surface area contributed by atoms with Crippen LogP contribution in [-0.4, -0.2) is 47.8 Å². The summed E-state index contributed by atoms with van der Waals surface area (Å²) in [6, 6.07) is 6.91. The molecule has 2 aliphatic rings. The fraction of sp³-hybridized carbons (Fsp3) is 0.524. The van der Waals surface area contributed by atoms with Crippen LogP contribution in [0.3, 0.4) is 0 Å². The zero-order valence-corrected chi connectivity index (χ0v) is 16.7. The van der Waals surface area contributed by atoms with Gasteiger partial charge in [-0.25, -0.2) is 14.2 Å². The molecule has 0 radical (unpaired) electrons. The predicted molar refractivity (Wildman–Crippen MR) is 105 cm³/mol. The summed E-state index contributed by atoms with van der Waals surface area (Å²) in [5.74, 6) is 0.449. The highest BCUT2D eigenvalue weighted by Gasteiger charge is 2.56. The number of carbonyl (C=O) groups excluding carboxylic acids is 1. The number of benzene rings is 1. The molecule has 28 heavy (non-hydrogen) atoms. The lowest BCUT2D eigenvalue weighted by Gasteiger charge is -2.24. The number of carbonyl (C=O) groups is 1. The molecule has 6 nitrogen and oxygen atoms in total. The average molecular weight is 387 g/mol. The first-order valence-electron chi connectivity index (χ1n) is 9.58. The van der Waals surface area contributed by atoms with E-state index in [0.717, 1.165) is 18.2 Å². The van der Waals surface area contributed by atoms with E-state index in [1.807, 2.05) is 32.9 Å². The third-order valence-corrected chi connectivity index (χ3v) is 5.48. The third-order valence-electron chi connectivity index (χ3n) is 5.48. The molecule has 1 aliphatic heterocycles. The standard InChI is InChI=1S/C21H26FN3O3/c1-20(2,3)28-19(26)25-11-17(21(12-25)7-8-21)24-18-6-5-13-9-16(27-4)14(22)10-15(13)23-18/h5-6,9-10,17H,7-8,11-12H2,1-4H3,(H,23,24)/t17-/m1/s1. The van der Waals surface area contributed by atoms with Gasteiger partial charge in [0.15, 0.2) is 11.6 Å². The van der Waals surface area contributed by atoms with Gasteiger partial charge in [0.1, 0.15) is 11.4 Å². The smallest absolute Gasteiger partial charge is 0.410 e. The van der Waals surface area contributed by atoms with Crippen LogP contribution in [0.25, 0.3) is 10.9 Å². The van der Waals surface area contributed by atoms with Gasteiger partial charge in [-0.1, -0.05) is 0 Å². The lowest BCUT2D eigenvalue weighted by molar-refractivity contribution is 0.0285. The van der Waals surface area contributed by atoms with Crippen LogP contribution in [0.1, 0.15) is 33.6 Å². The van der Waals surface area contributed by atoms with Gasteiger partial charge in [0.2, 0.25) is 0 Å². The molecule has 2 aromatic rings. The molecular weight excluding hydrogens is 361 g/mol. The second-order valence-corrected chi connectivity index (χ2v) is 8.80. The maximum Gasteiger partial charge on any atom is 0.410 e. The normalized spacial score (nSPS) is 20.5. The fourth-order valence-corrected chi connectivity index (χ4v) is 3.84. The summed E-state index contributed by atoms with van der Waals surface area (Å²) in [4.78, 5) is 18.8. The van der Waals surface area contributed by atoms with Crippen LogP contribution >= 0.6 is 0 Å². The molecule has 1 aromatic heterocycles. The Morgan fingerprint density at radius 2 is 2.07 bits per heavy atom. The molecule has 1 atom stereocenters. The molecule has 1 saturated heterocycles. The van der Waals surface area contributed by atoms with E-state index >= 15 is 0 Å². The number of anilines is 1. The van der Waals surface area contributed by atoms with Crippen molar-refractivity contribution in [1.82, 2.24) is 9.88 Å². The van der Waals surface area contributed by atoms with Crippen molar-refractivity contribution in [3.05, 3.63) is 30.1 Å². The van der Waals surface area contributed by atoms with Crippen molar-refractivity contribution in [1.29, 1.82) is 0 Å². The summed E-state index contributed by atoms with van der Waals surface area (Å²) in [6.45, 7) is 6.88. The highest BCUT2D eigenvalue weighted by molar-refractivity contribution is 5.82. The minimum atomic E-state index is -0.510. The first-order valence-corrected chi connectivity index (χ1v) is 9.58. The Balaban J connectivity index is 1.51. The molecule has 1 aliphatic carbocycles. The Morgan fingerprint density at radius 3 is 2.71 bits per heavy atom. The number of nitrogens with one attached hydrogen (secondary N) is 1. The minimum absolute atomic E-state index is 0.0820. The van der Waals surface area contributed by atoms with Crippen molar-refractivity contribution >= 4 is 22.8 Å². The fourth-order valence-electron chi connectivity index (χ4n) is 3.84. The molecule has 1 aromatic carbocycles. The van der Waals surface area contributed by atoms with Gasteiger partial charge in [-0.2, -0.15) is 0 Å². The summed E-state index contributed by atoms with van der Waals surface area (Å²) in [5, 5.41) is 4.28. The quantitative estimate of drug-likeness (QED) is 0.855. The second-order valence-electron chi connectivity index (χ2n) is 8.80. The van der Waals surface area contributed by atoms with Crippen molar-refractivity contribution < 1.29 is 18.7 Å². The van der Waals surface area contributed by atoms with E-state index in [-0.39, 0.29) is 23.3 Å². The summed E-state index contributed by atoms with van der Waals surface area (Å²) in [7, 11) is 1.44. The minimum Gasteiger partial charge on any atom is -0.494 e. The van der Waals surface area contributed by atoms with Crippen LogP contribution in [0.2, 0.25) is 0 Å². The number of likely N-dealkylation sites (tertiary alicyclic amines) is 1. The molecule has 2 heterocycles. The van der Waals surface area contributed by atoms with Gasteiger partial charge < -0.3 is 19.7 Å². The first-order chi connectivity index (χ1) is 13.2. The summed E-state index contributed by atoms with van der Waals surface area (Å²) in [6.07, 6.45) is 1.87. The Kier molecular flexibility index (Phi) is 4.36. The highest BCUT2D eigenvalue weighted by Crippen LogP contribution is 2.53. The summed E-state index contributed by atoms with van der Waals surface area (Å²) >= 11 is 0. The number of hydrogen-bond acceptors (Lipinski definition) is 5. The van der Waals surface area contributed by atoms with Crippen LogP contribution in [-0.2, 0) is 4.74 Å². The van der Waals surface area contributed by atoms with Crippen molar-refractivity contribution in [3.8, 4) is 5.75 Å². The van der Waals surface area contributed by atoms with E-state index in [4.69, 9.17) is 9.47 Å². The van der Waals surface area contributed by atoms with Crippen molar-refractivity contribution in [2.24, 2.45) is 5.41 Å². The molecule has 2 fully saturated rings. The number of fused-ring (bicyclic) bond motifs is 1. The average Bonchev–Trinajstić information content (AvgIpc) is 3.29. The molecule has 1 spiro atoms. The number of hydrogen-bond donors (Lipinski definition) is 1. The molecule has 7 heteroatoms. The Morgan fingerprint density at radius 1 is 1.32 bits per heavy atom. The predicted octanol–water partition coefficient (Wildman–Crippen LogP) is 4.19. The van der Waals surface area contributed by atoms with Gasteiger partial charge in [-0.15, -0.1) is 0 Å². The van der Waals surface area contributed by atoms with Gasteiger partial charge in [0, 0.05) is 30.0 Å². The zero-order chi connectivity index (χ0) is 20.1. The van der Waals surface area contributed by atoms with E-state index in [2.05, 4.69) is 10.3 Å². The van der Waals surface area contributed by atoms with Gasteiger partial charge in [0.05, 0.1) is 18.7 Å². The van der Waals surface area contributed by atoms with Crippen molar-refractivity contribution in [3.63, 3.8) is 0 Å². The monoisotopic (exact) mass is 387 g/mol. The molecule has 1 amide bonds. The van der Waals surface area contributed by atoms with Crippen LogP contribution in [0.4, 0.5) is 15.0 Å². The number of amides is 1. The SMILES string of the molecule is COc1cc2ccc(N[C@@H]3CN(C(=O)OC(C)(C)C)CC34CC4)nc2cc1F. The number of aromatic nitrogens is 1. The number of pyridine rings is 1. The zero-order valence-electron chi connectivity index (χ0n) is 16.7. The third kappa shape index (κ3) is 3.57. The van der Waals surface area contributed by atoms with Crippen LogP contribution in [0.15, 0.2) is 24.3 Å². The van der Waals surface area contributed by atoms with Crippen LogP contribution in [0.5, 0.6) is 5.75 Å². The number of ether oxygens (including phenoxy) is 2. The van der Waals surface area contributed by atoms with E-state index < -0.39 is 11.4 Å². The lowest BCUT2D eigenvalue weighted by Crippen LogP contribution is -2.36. The summed E-state index contributed by atoms with van der Waals surface area (Å²) in [5.41, 5.74) is 0.137. The highest BCUT2D eigenvalue weighted by atomic mass is 19.1. The van der Waals surface area contributed by atoms with E-state index in [1.54, 1.807) is 11.0 Å². The molecule has 4 rings (SSSR count). The molecule has 0 bridgehead atoms. The van der Waals surface area contributed by atoms with Crippen molar-refractivity contribution in [2.75, 3.05) is 25.5 Å². The maximum absolute atomic E-state index is 14.0. The van der Waals surface area contributed by atoms with Gasteiger partial charge in [-0.05, 0) is 51.8 Å². The van der Waals surface area contributed by atoms with Crippen LogP contribution < -0.4 is 10.1 Å². The Labute approximate surface area is 164 Å². The van der Waals surface area contributed by atoms with Gasteiger partial charge in [-0.3, -0.25) is 0 Å². The maximum atomic E-state index is 14.0. The van der Waals surface area contributed by atoms with Crippen LogP contribution in [0, 0.1) is 11.2 Å². The first kappa shape index (κ1) is 18.8. The lowest BCUT2D eigenvalue weighted by atomic mass is 10.0. The van der Waals surface area contributed by atoms with Gasteiger partial charge >= 0.3 is 6.09 Å². The molecule has 150 valence electrons. The summed E-state index contributed by atoms with van der Waals surface area (Å²) < 4.78 is 24.6. The van der Waals surface area contributed by atoms with E-state index in [0.29, 0.717) is 24.4 Å². The number of halogens is 1. The molecular formula is C21H26FN3O3. The Bertz CT molecular complexity index is 921. The molecule has 1 saturated carbocycles. The van der Waals surface area contributed by atoms with E-state index in [1.165, 1.54) is 13.2 Å². The topological polar surface area (TPSA) is 63.7 Å². The largest absolute Gasteiger partial charge is 0.494 e. The number of rotatable bonds is 3. The van der Waals surface area contributed by atoms with Crippen molar-refractivity contribution in [2.45, 2.75) is 45.3 Å². The van der Waals surface area contributed by atoms with E-state index in [9.17, 15) is 9.18 Å².